The van der Waals surface area contributed by atoms with Crippen LogP contribution in [0.4, 0.5) is 11.4 Å². The van der Waals surface area contributed by atoms with Crippen LogP contribution in [0.2, 0.25) is 0 Å². The van der Waals surface area contributed by atoms with E-state index in [1.165, 1.54) is 0 Å². The fourth-order valence-electron chi connectivity index (χ4n) is 2.79. The molecule has 4 N–H and O–H groups in total. The number of carbonyl (C=O) groups is 1. The Balaban J connectivity index is 2.24. The number of nitrogens with two attached hydrogens (primary N) is 2. The molecule has 1 amide bonds. The minimum Gasteiger partial charge on any atom is -0.398 e. The lowest BCUT2D eigenvalue weighted by Gasteiger charge is -2.23. The number of hydrogen-bond acceptors (Lipinski definition) is 4. The van der Waals surface area contributed by atoms with Crippen molar-refractivity contribution in [1.29, 1.82) is 0 Å². The predicted octanol–water partition coefficient (Wildman–Crippen LogP) is 0.754. The highest BCUT2D eigenvalue weighted by molar-refractivity contribution is 5.99. The first-order valence-corrected chi connectivity index (χ1v) is 6.51. The highest BCUT2D eigenvalue weighted by Crippen LogP contribution is 2.28. The third kappa shape index (κ3) is 2.66. The van der Waals surface area contributed by atoms with Crippen LogP contribution in [0.15, 0.2) is 18.2 Å². The fourth-order valence-corrected chi connectivity index (χ4v) is 2.79. The largest absolute Gasteiger partial charge is 0.398 e. The minimum absolute atomic E-state index is 0.401. The van der Waals surface area contributed by atoms with E-state index in [1.54, 1.807) is 12.1 Å². The van der Waals surface area contributed by atoms with Crippen LogP contribution < -0.4 is 16.4 Å². The van der Waals surface area contributed by atoms with Crippen LogP contribution in [0, 0.1) is 5.92 Å². The summed E-state index contributed by atoms with van der Waals surface area (Å²) < 4.78 is 0. The zero-order valence-electron chi connectivity index (χ0n) is 11.8. The number of amides is 1. The van der Waals surface area contributed by atoms with E-state index >= 15 is 0 Å². The Morgan fingerprint density at radius 2 is 2.05 bits per heavy atom. The molecular formula is C14H22N4O. The van der Waals surface area contributed by atoms with Gasteiger partial charge in [-0.15, -0.1) is 0 Å². The van der Waals surface area contributed by atoms with Gasteiger partial charge in [0.05, 0.1) is 5.56 Å². The SMILES string of the molecule is CC1CN(c2ccc(N)c(C(N)=O)c2)CC1N(C)C. The Bertz CT molecular complexity index is 486. The van der Waals surface area contributed by atoms with Crippen LogP contribution >= 0.6 is 0 Å². The Hall–Kier alpha value is -1.75. The van der Waals surface area contributed by atoms with E-state index in [0.29, 0.717) is 23.2 Å². The highest BCUT2D eigenvalue weighted by atomic mass is 16.1. The van der Waals surface area contributed by atoms with E-state index in [1.807, 2.05) is 6.07 Å². The van der Waals surface area contributed by atoms with Crippen LogP contribution in [0.5, 0.6) is 0 Å². The number of rotatable bonds is 3. The molecule has 0 aromatic heterocycles. The van der Waals surface area contributed by atoms with E-state index in [4.69, 9.17) is 11.5 Å². The topological polar surface area (TPSA) is 75.6 Å². The van der Waals surface area contributed by atoms with Gasteiger partial charge >= 0.3 is 0 Å². The number of carbonyl (C=O) groups excluding carboxylic acids is 1. The molecule has 1 heterocycles. The molecule has 1 saturated heterocycles. The summed E-state index contributed by atoms with van der Waals surface area (Å²) in [6.07, 6.45) is 0. The third-order valence-corrected chi connectivity index (χ3v) is 3.90. The Morgan fingerprint density at radius 1 is 1.37 bits per heavy atom. The molecule has 0 aliphatic carbocycles. The summed E-state index contributed by atoms with van der Waals surface area (Å²) in [7, 11) is 4.20. The van der Waals surface area contributed by atoms with Crippen molar-refractivity contribution in [3.63, 3.8) is 0 Å². The fraction of sp³-hybridized carbons (Fsp3) is 0.500. The number of benzene rings is 1. The first kappa shape index (κ1) is 13.7. The van der Waals surface area contributed by atoms with Gasteiger partial charge in [-0.1, -0.05) is 6.92 Å². The van der Waals surface area contributed by atoms with Crippen molar-refractivity contribution in [3.05, 3.63) is 23.8 Å². The molecule has 1 aromatic carbocycles. The van der Waals surface area contributed by atoms with Crippen molar-refractivity contribution < 1.29 is 4.79 Å². The van der Waals surface area contributed by atoms with Gasteiger partial charge in [-0.2, -0.15) is 0 Å². The Morgan fingerprint density at radius 3 is 2.58 bits per heavy atom. The van der Waals surface area contributed by atoms with Gasteiger partial charge < -0.3 is 21.3 Å². The molecule has 0 saturated carbocycles. The molecule has 2 unspecified atom stereocenters. The Labute approximate surface area is 114 Å². The molecule has 19 heavy (non-hydrogen) atoms. The number of hydrogen-bond donors (Lipinski definition) is 2. The van der Waals surface area contributed by atoms with Gasteiger partial charge in [-0.25, -0.2) is 0 Å². The molecule has 1 fully saturated rings. The summed E-state index contributed by atoms with van der Waals surface area (Å²) in [5.74, 6) is 0.111. The van der Waals surface area contributed by atoms with Gasteiger partial charge in [-0.3, -0.25) is 4.79 Å². The highest BCUT2D eigenvalue weighted by Gasteiger charge is 2.31. The number of nitrogens with zero attached hydrogens (tertiary/aromatic N) is 2. The third-order valence-electron chi connectivity index (χ3n) is 3.90. The van der Waals surface area contributed by atoms with Crippen LogP contribution in [-0.4, -0.2) is 44.0 Å². The average Bonchev–Trinajstić information content (AvgIpc) is 2.71. The normalized spacial score (nSPS) is 23.1. The first-order valence-electron chi connectivity index (χ1n) is 6.51. The van der Waals surface area contributed by atoms with E-state index in [0.717, 1.165) is 18.8 Å². The smallest absolute Gasteiger partial charge is 0.250 e. The summed E-state index contributed by atoms with van der Waals surface area (Å²) in [6.45, 7) is 4.18. The molecule has 1 aromatic rings. The van der Waals surface area contributed by atoms with Gasteiger partial charge in [0, 0.05) is 30.5 Å². The predicted molar refractivity (Wildman–Crippen MR) is 78.2 cm³/mol. The number of nitrogen functional groups attached to an aromatic ring is 1. The van der Waals surface area contributed by atoms with Crippen molar-refractivity contribution >= 4 is 17.3 Å². The maximum absolute atomic E-state index is 11.3. The average molecular weight is 262 g/mol. The first-order chi connectivity index (χ1) is 8.90. The summed E-state index contributed by atoms with van der Waals surface area (Å²) in [5, 5.41) is 0. The lowest BCUT2D eigenvalue weighted by molar-refractivity contribution is 0.100. The lowest BCUT2D eigenvalue weighted by atomic mass is 10.1. The second kappa shape index (κ2) is 5.09. The molecule has 0 spiro atoms. The van der Waals surface area contributed by atoms with Gasteiger partial charge in [0.15, 0.2) is 0 Å². The van der Waals surface area contributed by atoms with Crippen LogP contribution in [0.25, 0.3) is 0 Å². The van der Waals surface area contributed by atoms with E-state index in [-0.39, 0.29) is 0 Å². The quantitative estimate of drug-likeness (QED) is 0.788. The molecule has 104 valence electrons. The molecular weight excluding hydrogens is 240 g/mol. The second-order valence-electron chi connectivity index (χ2n) is 5.55. The molecule has 1 aliphatic heterocycles. The minimum atomic E-state index is -0.476. The van der Waals surface area contributed by atoms with E-state index in [9.17, 15) is 4.79 Å². The summed E-state index contributed by atoms with van der Waals surface area (Å²) >= 11 is 0. The van der Waals surface area contributed by atoms with Crippen molar-refractivity contribution in [1.82, 2.24) is 4.90 Å². The molecule has 5 nitrogen and oxygen atoms in total. The van der Waals surface area contributed by atoms with Crippen molar-refractivity contribution in [2.45, 2.75) is 13.0 Å². The molecule has 0 radical (unpaired) electrons. The van der Waals surface area contributed by atoms with E-state index in [2.05, 4.69) is 30.8 Å². The second-order valence-corrected chi connectivity index (χ2v) is 5.55. The zero-order chi connectivity index (χ0) is 14.2. The lowest BCUT2D eigenvalue weighted by Crippen LogP contribution is -2.34. The standard InChI is InChI=1S/C14H22N4O/c1-9-7-18(8-13(9)17(2)3)10-4-5-12(15)11(6-10)14(16)19/h4-6,9,13H,7-8,15H2,1-3H3,(H2,16,19). The summed E-state index contributed by atoms with van der Waals surface area (Å²) in [4.78, 5) is 15.9. The van der Waals surface area contributed by atoms with Crippen LogP contribution in [0.1, 0.15) is 17.3 Å². The maximum Gasteiger partial charge on any atom is 0.250 e. The number of likely N-dealkylation sites (N-methyl/N-ethyl adjacent to an activating group) is 1. The molecule has 1 aliphatic rings. The van der Waals surface area contributed by atoms with Crippen molar-refractivity contribution in [3.8, 4) is 0 Å². The summed E-state index contributed by atoms with van der Waals surface area (Å²) in [6, 6.07) is 6.02. The van der Waals surface area contributed by atoms with Gasteiger partial charge in [0.1, 0.15) is 0 Å². The van der Waals surface area contributed by atoms with Crippen molar-refractivity contribution in [2.24, 2.45) is 11.7 Å². The number of primary amides is 1. The van der Waals surface area contributed by atoms with E-state index < -0.39 is 5.91 Å². The molecule has 0 bridgehead atoms. The molecule has 5 heteroatoms. The van der Waals surface area contributed by atoms with Crippen LogP contribution in [-0.2, 0) is 0 Å². The Kier molecular flexibility index (Phi) is 3.66. The zero-order valence-corrected chi connectivity index (χ0v) is 11.8. The van der Waals surface area contributed by atoms with Gasteiger partial charge in [0.2, 0.25) is 0 Å². The van der Waals surface area contributed by atoms with Crippen LogP contribution in [0.3, 0.4) is 0 Å². The van der Waals surface area contributed by atoms with Gasteiger partial charge in [-0.05, 0) is 38.2 Å². The monoisotopic (exact) mass is 262 g/mol. The van der Waals surface area contributed by atoms with Crippen molar-refractivity contribution in [2.75, 3.05) is 37.8 Å². The van der Waals surface area contributed by atoms with Gasteiger partial charge in [0.25, 0.3) is 5.91 Å². The molecule has 2 rings (SSSR count). The molecule has 2 atom stereocenters. The number of anilines is 2. The maximum atomic E-state index is 11.3. The summed E-state index contributed by atoms with van der Waals surface area (Å²) in [5.41, 5.74) is 13.0.